The fourth-order valence-electron chi connectivity index (χ4n) is 3.35. The van der Waals surface area contributed by atoms with Gasteiger partial charge in [-0.15, -0.1) is 11.3 Å². The van der Waals surface area contributed by atoms with E-state index in [1.165, 1.54) is 11.3 Å². The van der Waals surface area contributed by atoms with Gasteiger partial charge in [-0.3, -0.25) is 9.59 Å². The maximum absolute atomic E-state index is 13.0. The van der Waals surface area contributed by atoms with E-state index in [1.54, 1.807) is 24.3 Å². The van der Waals surface area contributed by atoms with E-state index in [0.717, 1.165) is 18.8 Å². The van der Waals surface area contributed by atoms with Crippen LogP contribution in [-0.2, 0) is 0 Å². The standard InChI is InChI=1S/C22H19Cl2N3O2S/c23-16-4-6-17(7-5-16)26-9-11-27(12-10-26)22(29)15-3-8-18(24)19(14-15)25-21(28)20-2-1-13-30-20/h1-8,13-14H,9-12H2,(H,25,28). The Hall–Kier alpha value is -2.54. The second kappa shape index (κ2) is 9.08. The molecule has 154 valence electrons. The van der Waals surface area contributed by atoms with Gasteiger partial charge in [0.15, 0.2) is 0 Å². The third-order valence-electron chi connectivity index (χ3n) is 4.97. The van der Waals surface area contributed by atoms with E-state index in [4.69, 9.17) is 23.2 Å². The highest BCUT2D eigenvalue weighted by atomic mass is 35.5. The normalized spacial score (nSPS) is 13.9. The van der Waals surface area contributed by atoms with Crippen molar-refractivity contribution in [1.82, 2.24) is 4.90 Å². The van der Waals surface area contributed by atoms with E-state index in [1.807, 2.05) is 40.6 Å². The van der Waals surface area contributed by atoms with E-state index in [0.29, 0.717) is 39.3 Å². The van der Waals surface area contributed by atoms with Crippen LogP contribution in [0.4, 0.5) is 11.4 Å². The topological polar surface area (TPSA) is 52.7 Å². The Bertz CT molecular complexity index is 1050. The lowest BCUT2D eigenvalue weighted by Crippen LogP contribution is -2.48. The maximum Gasteiger partial charge on any atom is 0.265 e. The van der Waals surface area contributed by atoms with Gasteiger partial charge in [0.2, 0.25) is 0 Å². The monoisotopic (exact) mass is 459 g/mol. The zero-order valence-corrected chi connectivity index (χ0v) is 18.3. The van der Waals surface area contributed by atoms with Crippen molar-refractivity contribution in [1.29, 1.82) is 0 Å². The molecule has 8 heteroatoms. The van der Waals surface area contributed by atoms with Gasteiger partial charge in [-0.05, 0) is 53.9 Å². The number of piperazine rings is 1. The lowest BCUT2D eigenvalue weighted by Gasteiger charge is -2.36. The minimum Gasteiger partial charge on any atom is -0.368 e. The molecule has 0 unspecified atom stereocenters. The quantitative estimate of drug-likeness (QED) is 0.577. The number of halogens is 2. The number of benzene rings is 2. The minimum atomic E-state index is -0.243. The Morgan fingerprint density at radius 1 is 0.933 bits per heavy atom. The first kappa shape index (κ1) is 20.7. The zero-order chi connectivity index (χ0) is 21.1. The van der Waals surface area contributed by atoms with Crippen molar-refractivity contribution in [3.8, 4) is 0 Å². The van der Waals surface area contributed by atoms with Crippen molar-refractivity contribution in [2.75, 3.05) is 36.4 Å². The van der Waals surface area contributed by atoms with Crippen LogP contribution in [0.5, 0.6) is 0 Å². The number of nitrogens with one attached hydrogen (secondary N) is 1. The van der Waals surface area contributed by atoms with Crippen molar-refractivity contribution >= 4 is 57.7 Å². The van der Waals surface area contributed by atoms with Gasteiger partial charge in [-0.25, -0.2) is 0 Å². The van der Waals surface area contributed by atoms with Gasteiger partial charge in [-0.1, -0.05) is 29.3 Å². The summed E-state index contributed by atoms with van der Waals surface area (Å²) in [7, 11) is 0. The third-order valence-corrected chi connectivity index (χ3v) is 6.42. The average Bonchev–Trinajstić information content (AvgIpc) is 3.31. The number of thiophene rings is 1. The molecule has 2 heterocycles. The Balaban J connectivity index is 1.42. The van der Waals surface area contributed by atoms with Crippen molar-refractivity contribution in [2.24, 2.45) is 0 Å². The van der Waals surface area contributed by atoms with Crippen LogP contribution in [-0.4, -0.2) is 42.9 Å². The molecular formula is C22H19Cl2N3O2S. The van der Waals surface area contributed by atoms with Crippen LogP contribution in [0.25, 0.3) is 0 Å². The number of hydrogen-bond donors (Lipinski definition) is 1. The number of anilines is 2. The van der Waals surface area contributed by atoms with Gasteiger partial charge in [-0.2, -0.15) is 0 Å². The fourth-order valence-corrected chi connectivity index (χ4v) is 4.26. The summed E-state index contributed by atoms with van der Waals surface area (Å²) in [5.74, 6) is -0.317. The number of carbonyl (C=O) groups excluding carboxylic acids is 2. The summed E-state index contributed by atoms with van der Waals surface area (Å²) in [5.41, 5.74) is 2.03. The molecule has 5 nitrogen and oxygen atoms in total. The molecule has 1 fully saturated rings. The molecule has 0 saturated carbocycles. The molecule has 2 aromatic carbocycles. The van der Waals surface area contributed by atoms with Crippen LogP contribution in [0.15, 0.2) is 60.0 Å². The Morgan fingerprint density at radius 3 is 2.33 bits per heavy atom. The largest absolute Gasteiger partial charge is 0.368 e. The van der Waals surface area contributed by atoms with Crippen LogP contribution in [0.2, 0.25) is 10.0 Å². The molecule has 1 aromatic heterocycles. The van der Waals surface area contributed by atoms with Gasteiger partial charge < -0.3 is 15.1 Å². The van der Waals surface area contributed by atoms with Crippen LogP contribution >= 0.6 is 34.5 Å². The number of carbonyl (C=O) groups is 2. The van der Waals surface area contributed by atoms with Crippen LogP contribution < -0.4 is 10.2 Å². The smallest absolute Gasteiger partial charge is 0.265 e. The van der Waals surface area contributed by atoms with Crippen LogP contribution in [0.3, 0.4) is 0 Å². The highest BCUT2D eigenvalue weighted by Gasteiger charge is 2.23. The number of nitrogens with zero attached hydrogens (tertiary/aromatic N) is 2. The number of hydrogen-bond acceptors (Lipinski definition) is 4. The first-order chi connectivity index (χ1) is 14.5. The molecule has 3 aromatic rings. The van der Waals surface area contributed by atoms with Crippen molar-refractivity contribution in [3.63, 3.8) is 0 Å². The Labute approximate surface area is 188 Å². The van der Waals surface area contributed by atoms with Gasteiger partial charge in [0, 0.05) is 42.5 Å². The van der Waals surface area contributed by atoms with Crippen molar-refractivity contribution in [3.05, 3.63) is 80.5 Å². The van der Waals surface area contributed by atoms with Gasteiger partial charge in [0.05, 0.1) is 15.6 Å². The lowest BCUT2D eigenvalue weighted by atomic mass is 10.1. The van der Waals surface area contributed by atoms with Crippen molar-refractivity contribution < 1.29 is 9.59 Å². The molecule has 2 amide bonds. The second-order valence-corrected chi connectivity index (χ2v) is 8.67. The summed E-state index contributed by atoms with van der Waals surface area (Å²) in [4.78, 5) is 30.0. The molecular weight excluding hydrogens is 441 g/mol. The van der Waals surface area contributed by atoms with Gasteiger partial charge in [0.25, 0.3) is 11.8 Å². The molecule has 1 saturated heterocycles. The fraction of sp³-hybridized carbons (Fsp3) is 0.182. The molecule has 1 aliphatic heterocycles. The summed E-state index contributed by atoms with van der Waals surface area (Å²) >= 11 is 13.5. The van der Waals surface area contributed by atoms with E-state index in [2.05, 4.69) is 10.2 Å². The number of rotatable bonds is 4. The van der Waals surface area contributed by atoms with E-state index in [-0.39, 0.29) is 11.8 Å². The average molecular weight is 460 g/mol. The van der Waals surface area contributed by atoms with Gasteiger partial charge in [0.1, 0.15) is 0 Å². The lowest BCUT2D eigenvalue weighted by molar-refractivity contribution is 0.0746. The maximum atomic E-state index is 13.0. The summed E-state index contributed by atoms with van der Waals surface area (Å²) < 4.78 is 0. The van der Waals surface area contributed by atoms with E-state index >= 15 is 0 Å². The molecule has 0 spiro atoms. The molecule has 0 atom stereocenters. The second-order valence-electron chi connectivity index (χ2n) is 6.88. The molecule has 0 aliphatic carbocycles. The summed E-state index contributed by atoms with van der Waals surface area (Å²) in [5, 5.41) is 5.73. The molecule has 4 rings (SSSR count). The minimum absolute atomic E-state index is 0.0750. The predicted molar refractivity (Wildman–Crippen MR) is 123 cm³/mol. The first-order valence-corrected chi connectivity index (χ1v) is 11.1. The highest BCUT2D eigenvalue weighted by molar-refractivity contribution is 7.12. The third kappa shape index (κ3) is 4.61. The Kier molecular flexibility index (Phi) is 6.27. The summed E-state index contributed by atoms with van der Waals surface area (Å²) in [6.07, 6.45) is 0. The number of amides is 2. The molecule has 1 N–H and O–H groups in total. The van der Waals surface area contributed by atoms with E-state index < -0.39 is 0 Å². The highest BCUT2D eigenvalue weighted by Crippen LogP contribution is 2.26. The Morgan fingerprint density at radius 2 is 1.67 bits per heavy atom. The van der Waals surface area contributed by atoms with Crippen LogP contribution in [0.1, 0.15) is 20.0 Å². The predicted octanol–water partition coefficient (Wildman–Crippen LogP) is 5.27. The zero-order valence-electron chi connectivity index (χ0n) is 16.0. The first-order valence-electron chi connectivity index (χ1n) is 9.45. The summed E-state index contributed by atoms with van der Waals surface area (Å²) in [6, 6.07) is 16.2. The van der Waals surface area contributed by atoms with E-state index in [9.17, 15) is 9.59 Å². The molecule has 30 heavy (non-hydrogen) atoms. The molecule has 0 bridgehead atoms. The molecule has 1 aliphatic rings. The summed E-state index contributed by atoms with van der Waals surface area (Å²) in [6.45, 7) is 2.70. The molecule has 0 radical (unpaired) electrons. The van der Waals surface area contributed by atoms with Crippen LogP contribution in [0, 0.1) is 0 Å². The SMILES string of the molecule is O=C(Nc1cc(C(=O)N2CCN(c3ccc(Cl)cc3)CC2)ccc1Cl)c1cccs1. The van der Waals surface area contributed by atoms with Crippen molar-refractivity contribution in [2.45, 2.75) is 0 Å². The van der Waals surface area contributed by atoms with Gasteiger partial charge >= 0.3 is 0 Å².